The van der Waals surface area contributed by atoms with Crippen molar-refractivity contribution in [2.75, 3.05) is 16.7 Å². The summed E-state index contributed by atoms with van der Waals surface area (Å²) in [4.78, 5) is 3.90. The van der Waals surface area contributed by atoms with Crippen LogP contribution in [0.4, 0.5) is 11.4 Å². The number of nitrogens with one attached hydrogen (secondary N) is 1. The van der Waals surface area contributed by atoms with Gasteiger partial charge in [0.1, 0.15) is 0 Å². The van der Waals surface area contributed by atoms with Crippen LogP contribution in [0, 0.1) is 6.92 Å². The van der Waals surface area contributed by atoms with Crippen LogP contribution in [-0.4, -0.2) is 26.4 Å². The van der Waals surface area contributed by atoms with Gasteiger partial charge in [0.05, 0.1) is 17.6 Å². The Kier molecular flexibility index (Phi) is 4.62. The molecule has 2 rings (SSSR count). The van der Waals surface area contributed by atoms with E-state index in [9.17, 15) is 8.42 Å². The van der Waals surface area contributed by atoms with Crippen molar-refractivity contribution in [3.63, 3.8) is 0 Å². The number of nitrogens with zero attached hydrogens (tertiary/aromatic N) is 3. The predicted octanol–water partition coefficient (Wildman–Crippen LogP) is 1.50. The summed E-state index contributed by atoms with van der Waals surface area (Å²) in [5.41, 5.74) is 7.57. The van der Waals surface area contributed by atoms with Crippen molar-refractivity contribution in [1.82, 2.24) is 4.98 Å². The van der Waals surface area contributed by atoms with Crippen molar-refractivity contribution in [1.29, 1.82) is 0 Å². The molecule has 0 unspecified atom stereocenters. The molecule has 1 aromatic heterocycles. The number of aryl methyl sites for hydroxylation is 1. The highest BCUT2D eigenvalue weighted by Gasteiger charge is 2.19. The standard InChI is InChI=1S/C14H17N5O2S/c1-11-6-3-4-8-13(11)19(2)22(20,21)18-14(15)17-12-7-5-9-16-10-12/h3-10H,1-2H3,(H3,15,17,18). The van der Waals surface area contributed by atoms with Crippen molar-refractivity contribution < 1.29 is 8.42 Å². The molecule has 1 heterocycles. The summed E-state index contributed by atoms with van der Waals surface area (Å²) in [6, 6.07) is 10.5. The Morgan fingerprint density at radius 1 is 1.27 bits per heavy atom. The lowest BCUT2D eigenvalue weighted by molar-refractivity contribution is 0.596. The van der Waals surface area contributed by atoms with Gasteiger partial charge in [-0.1, -0.05) is 18.2 Å². The lowest BCUT2D eigenvalue weighted by Crippen LogP contribution is -2.30. The van der Waals surface area contributed by atoms with E-state index in [0.29, 0.717) is 11.4 Å². The predicted molar refractivity (Wildman–Crippen MR) is 88.0 cm³/mol. The van der Waals surface area contributed by atoms with Crippen LogP contribution in [0.15, 0.2) is 53.2 Å². The highest BCUT2D eigenvalue weighted by molar-refractivity contribution is 7.91. The number of hydrogen-bond acceptors (Lipinski definition) is 3. The summed E-state index contributed by atoms with van der Waals surface area (Å²) < 4.78 is 29.2. The Hall–Kier alpha value is -2.61. The van der Waals surface area contributed by atoms with E-state index in [4.69, 9.17) is 5.73 Å². The minimum atomic E-state index is -3.94. The Morgan fingerprint density at radius 2 is 2.00 bits per heavy atom. The minimum Gasteiger partial charge on any atom is -0.369 e. The second-order valence-corrected chi connectivity index (χ2v) is 6.20. The van der Waals surface area contributed by atoms with Crippen LogP contribution >= 0.6 is 0 Å². The SMILES string of the molecule is Cc1ccccc1N(C)S(=O)(=O)/N=C(/N)Nc1cccnc1. The summed E-state index contributed by atoms with van der Waals surface area (Å²) >= 11 is 0. The van der Waals surface area contributed by atoms with Crippen molar-refractivity contribution in [3.05, 3.63) is 54.4 Å². The van der Waals surface area contributed by atoms with Gasteiger partial charge in [-0.25, -0.2) is 0 Å². The number of rotatable bonds is 4. The third-order valence-electron chi connectivity index (χ3n) is 2.95. The minimum absolute atomic E-state index is 0.228. The van der Waals surface area contributed by atoms with E-state index in [1.807, 2.05) is 19.1 Å². The summed E-state index contributed by atoms with van der Waals surface area (Å²) in [6.07, 6.45) is 3.11. The first kappa shape index (κ1) is 15.8. The maximum Gasteiger partial charge on any atom is 0.347 e. The van der Waals surface area contributed by atoms with E-state index in [1.54, 1.807) is 30.5 Å². The Morgan fingerprint density at radius 3 is 2.64 bits per heavy atom. The summed E-state index contributed by atoms with van der Waals surface area (Å²) in [6.45, 7) is 1.82. The zero-order valence-electron chi connectivity index (χ0n) is 12.3. The molecule has 1 aromatic carbocycles. The summed E-state index contributed by atoms with van der Waals surface area (Å²) in [5.74, 6) is -0.228. The van der Waals surface area contributed by atoms with Crippen LogP contribution in [-0.2, 0) is 10.2 Å². The van der Waals surface area contributed by atoms with Gasteiger partial charge < -0.3 is 11.1 Å². The van der Waals surface area contributed by atoms with Crippen LogP contribution in [0.2, 0.25) is 0 Å². The van der Waals surface area contributed by atoms with Gasteiger partial charge in [0, 0.05) is 13.2 Å². The number of benzene rings is 1. The number of nitrogens with two attached hydrogens (primary N) is 1. The lowest BCUT2D eigenvalue weighted by atomic mass is 10.2. The Balaban J connectivity index is 2.23. The fourth-order valence-electron chi connectivity index (χ4n) is 1.83. The Labute approximate surface area is 129 Å². The largest absolute Gasteiger partial charge is 0.369 e. The quantitative estimate of drug-likeness (QED) is 0.657. The zero-order valence-corrected chi connectivity index (χ0v) is 13.1. The highest BCUT2D eigenvalue weighted by atomic mass is 32.2. The van der Waals surface area contributed by atoms with Gasteiger partial charge in [-0.2, -0.15) is 8.42 Å². The molecule has 0 aliphatic carbocycles. The number of aromatic nitrogens is 1. The van der Waals surface area contributed by atoms with E-state index in [1.165, 1.54) is 13.2 Å². The molecule has 8 heteroatoms. The third-order valence-corrected chi connectivity index (χ3v) is 4.26. The molecule has 0 saturated heterocycles. The number of guanidine groups is 1. The molecule has 22 heavy (non-hydrogen) atoms. The molecule has 3 N–H and O–H groups in total. The van der Waals surface area contributed by atoms with Crippen LogP contribution in [0.25, 0.3) is 0 Å². The smallest absolute Gasteiger partial charge is 0.347 e. The first-order chi connectivity index (χ1) is 10.4. The van der Waals surface area contributed by atoms with Gasteiger partial charge >= 0.3 is 10.2 Å². The molecular formula is C14H17N5O2S. The third kappa shape index (κ3) is 3.73. The highest BCUT2D eigenvalue weighted by Crippen LogP contribution is 2.21. The first-order valence-electron chi connectivity index (χ1n) is 6.47. The monoisotopic (exact) mass is 319 g/mol. The normalized spacial score (nSPS) is 12.0. The summed E-state index contributed by atoms with van der Waals surface area (Å²) in [7, 11) is -2.51. The topological polar surface area (TPSA) is 101 Å². The van der Waals surface area contributed by atoms with Gasteiger partial charge in [0.2, 0.25) is 5.96 Å². The maximum atomic E-state index is 12.3. The van der Waals surface area contributed by atoms with Gasteiger partial charge in [-0.05, 0) is 30.7 Å². The van der Waals surface area contributed by atoms with Crippen LogP contribution in [0.5, 0.6) is 0 Å². The molecule has 0 atom stereocenters. The molecule has 2 aromatic rings. The number of pyridine rings is 1. The number of hydrogen-bond donors (Lipinski definition) is 2. The average molecular weight is 319 g/mol. The Bertz CT molecular complexity index is 775. The fourth-order valence-corrected chi connectivity index (χ4v) is 2.70. The molecular weight excluding hydrogens is 302 g/mol. The second kappa shape index (κ2) is 6.44. The molecule has 0 saturated carbocycles. The van der Waals surface area contributed by atoms with Crippen LogP contribution in [0.3, 0.4) is 0 Å². The molecule has 7 nitrogen and oxygen atoms in total. The maximum absolute atomic E-state index is 12.3. The van der Waals surface area contributed by atoms with Gasteiger partial charge in [0.15, 0.2) is 0 Å². The van der Waals surface area contributed by atoms with Crippen molar-refractivity contribution in [3.8, 4) is 0 Å². The average Bonchev–Trinajstić information content (AvgIpc) is 2.47. The van der Waals surface area contributed by atoms with Gasteiger partial charge in [-0.3, -0.25) is 9.29 Å². The van der Waals surface area contributed by atoms with Crippen molar-refractivity contribution in [2.45, 2.75) is 6.92 Å². The van der Waals surface area contributed by atoms with Crippen LogP contribution in [0.1, 0.15) is 5.56 Å². The molecule has 0 aliphatic rings. The number of para-hydroxylation sites is 1. The lowest BCUT2D eigenvalue weighted by Gasteiger charge is -2.18. The summed E-state index contributed by atoms with van der Waals surface area (Å²) in [5, 5.41) is 2.68. The first-order valence-corrected chi connectivity index (χ1v) is 7.87. The van der Waals surface area contributed by atoms with E-state index >= 15 is 0 Å². The van der Waals surface area contributed by atoms with Crippen molar-refractivity contribution in [2.24, 2.45) is 10.1 Å². The van der Waals surface area contributed by atoms with Crippen LogP contribution < -0.4 is 15.4 Å². The molecule has 0 aliphatic heterocycles. The van der Waals surface area contributed by atoms with E-state index in [2.05, 4.69) is 14.7 Å². The van der Waals surface area contributed by atoms with E-state index in [-0.39, 0.29) is 5.96 Å². The van der Waals surface area contributed by atoms with Gasteiger partial charge in [0.25, 0.3) is 0 Å². The van der Waals surface area contributed by atoms with Gasteiger partial charge in [-0.15, -0.1) is 4.40 Å². The fraction of sp³-hybridized carbons (Fsp3) is 0.143. The van der Waals surface area contributed by atoms with E-state index in [0.717, 1.165) is 9.87 Å². The van der Waals surface area contributed by atoms with E-state index < -0.39 is 10.2 Å². The molecule has 0 fully saturated rings. The van der Waals surface area contributed by atoms with Crippen molar-refractivity contribution >= 4 is 27.5 Å². The molecule has 116 valence electrons. The molecule has 0 radical (unpaired) electrons. The molecule has 0 amide bonds. The number of anilines is 2. The molecule has 0 bridgehead atoms. The second-order valence-electron chi connectivity index (χ2n) is 4.58. The molecule has 0 spiro atoms. The zero-order chi connectivity index (χ0) is 16.2.